The van der Waals surface area contributed by atoms with Crippen LogP contribution in [0, 0.1) is 19.8 Å². The van der Waals surface area contributed by atoms with E-state index in [4.69, 9.17) is 4.74 Å². The van der Waals surface area contributed by atoms with Gasteiger partial charge in [-0.25, -0.2) is 4.79 Å². The van der Waals surface area contributed by atoms with Crippen molar-refractivity contribution in [3.05, 3.63) is 29.3 Å². The van der Waals surface area contributed by atoms with Crippen LogP contribution in [0.3, 0.4) is 0 Å². The van der Waals surface area contributed by atoms with Crippen LogP contribution >= 0.6 is 0 Å². The molecule has 1 aromatic rings. The number of anilines is 1. The number of ether oxygens (including phenoxy) is 1. The van der Waals surface area contributed by atoms with Crippen molar-refractivity contribution in [3.8, 4) is 0 Å². The number of nitrogens with one attached hydrogen (secondary N) is 2. The van der Waals surface area contributed by atoms with Crippen LogP contribution < -0.4 is 10.6 Å². The van der Waals surface area contributed by atoms with Gasteiger partial charge in [0, 0.05) is 25.4 Å². The first-order valence-electron chi connectivity index (χ1n) is 9.26. The van der Waals surface area contributed by atoms with Gasteiger partial charge in [0.1, 0.15) is 0 Å². The first-order chi connectivity index (χ1) is 11.6. The van der Waals surface area contributed by atoms with Gasteiger partial charge in [0.15, 0.2) is 0 Å². The molecule has 1 aromatic carbocycles. The van der Waals surface area contributed by atoms with Crippen LogP contribution in [0.1, 0.15) is 57.1 Å². The maximum atomic E-state index is 11.9. The summed E-state index contributed by atoms with van der Waals surface area (Å²) in [5.74, 6) is 0.672. The predicted molar refractivity (Wildman–Crippen MR) is 102 cm³/mol. The molecule has 0 heterocycles. The maximum Gasteiger partial charge on any atom is 0.319 e. The van der Waals surface area contributed by atoms with Crippen molar-refractivity contribution in [2.45, 2.75) is 59.8 Å². The Bertz CT molecular complexity index is 489. The number of benzene rings is 1. The number of hydrogen-bond donors (Lipinski definition) is 2. The summed E-state index contributed by atoms with van der Waals surface area (Å²) in [7, 11) is 0. The summed E-state index contributed by atoms with van der Waals surface area (Å²) in [5.41, 5.74) is 3.13. The van der Waals surface area contributed by atoms with Gasteiger partial charge in [-0.05, 0) is 44.2 Å². The van der Waals surface area contributed by atoms with E-state index in [9.17, 15) is 4.79 Å². The van der Waals surface area contributed by atoms with Gasteiger partial charge in [-0.1, -0.05) is 50.8 Å². The minimum absolute atomic E-state index is 0.156. The summed E-state index contributed by atoms with van der Waals surface area (Å²) in [6.45, 7) is 10.7. The van der Waals surface area contributed by atoms with Gasteiger partial charge in [-0.2, -0.15) is 0 Å². The number of amides is 2. The minimum Gasteiger partial charge on any atom is -0.381 e. The highest BCUT2D eigenvalue weighted by molar-refractivity contribution is 5.90. The van der Waals surface area contributed by atoms with Gasteiger partial charge >= 0.3 is 6.03 Å². The minimum atomic E-state index is -0.156. The Kier molecular flexibility index (Phi) is 10.2. The third-order valence-corrected chi connectivity index (χ3v) is 4.28. The fourth-order valence-electron chi connectivity index (χ4n) is 2.64. The number of hydrogen-bond acceptors (Lipinski definition) is 2. The van der Waals surface area contributed by atoms with Crippen LogP contribution in [-0.2, 0) is 4.74 Å². The average molecular weight is 335 g/mol. The van der Waals surface area contributed by atoms with Crippen molar-refractivity contribution in [2.24, 2.45) is 5.92 Å². The molecule has 0 aliphatic rings. The Hall–Kier alpha value is -1.55. The molecule has 0 aromatic heterocycles. The summed E-state index contributed by atoms with van der Waals surface area (Å²) < 4.78 is 5.74. The van der Waals surface area contributed by atoms with Crippen LogP contribution in [0.15, 0.2) is 18.2 Å². The first kappa shape index (κ1) is 20.5. The highest BCUT2D eigenvalue weighted by Crippen LogP contribution is 2.15. The second-order valence-electron chi connectivity index (χ2n) is 6.54. The number of carbonyl (C=O) groups excluding carboxylic acids is 1. The maximum absolute atomic E-state index is 11.9. The Balaban J connectivity index is 2.13. The highest BCUT2D eigenvalue weighted by atomic mass is 16.5. The SMILES string of the molecule is CCCCC(CC)COCCCNC(=O)Nc1ccc(C)cc1C. The molecular weight excluding hydrogens is 300 g/mol. The number of unbranched alkanes of at least 4 members (excludes halogenated alkanes) is 1. The molecule has 0 radical (unpaired) electrons. The van der Waals surface area contributed by atoms with Gasteiger partial charge in [0.2, 0.25) is 0 Å². The van der Waals surface area contributed by atoms with Crippen molar-refractivity contribution in [2.75, 3.05) is 25.1 Å². The Morgan fingerprint density at radius 2 is 2.00 bits per heavy atom. The molecule has 2 N–H and O–H groups in total. The van der Waals surface area contributed by atoms with E-state index in [1.807, 2.05) is 26.0 Å². The topological polar surface area (TPSA) is 50.4 Å². The number of urea groups is 1. The molecule has 0 spiro atoms. The first-order valence-corrected chi connectivity index (χ1v) is 9.26. The fourth-order valence-corrected chi connectivity index (χ4v) is 2.64. The van der Waals surface area contributed by atoms with E-state index >= 15 is 0 Å². The molecule has 0 bridgehead atoms. The van der Waals surface area contributed by atoms with Crippen LogP contribution in [0.5, 0.6) is 0 Å². The van der Waals surface area contributed by atoms with E-state index < -0.39 is 0 Å². The van der Waals surface area contributed by atoms with Crippen molar-refractivity contribution in [1.82, 2.24) is 5.32 Å². The fraction of sp³-hybridized carbons (Fsp3) is 0.650. The Labute approximate surface area is 147 Å². The van der Waals surface area contributed by atoms with Crippen LogP contribution in [-0.4, -0.2) is 25.8 Å². The summed E-state index contributed by atoms with van der Waals surface area (Å²) in [5, 5.41) is 5.77. The third-order valence-electron chi connectivity index (χ3n) is 4.28. The Morgan fingerprint density at radius 1 is 1.21 bits per heavy atom. The van der Waals surface area contributed by atoms with E-state index in [0.717, 1.165) is 24.3 Å². The van der Waals surface area contributed by atoms with Crippen LogP contribution in [0.4, 0.5) is 10.5 Å². The summed E-state index contributed by atoms with van der Waals surface area (Å²) in [6, 6.07) is 5.84. The molecule has 4 heteroatoms. The quantitative estimate of drug-likeness (QED) is 0.556. The van der Waals surface area contributed by atoms with E-state index in [2.05, 4.69) is 30.5 Å². The highest BCUT2D eigenvalue weighted by Gasteiger charge is 2.06. The third kappa shape index (κ3) is 8.34. The lowest BCUT2D eigenvalue weighted by atomic mass is 10.0. The van der Waals surface area contributed by atoms with Crippen molar-refractivity contribution in [1.29, 1.82) is 0 Å². The van der Waals surface area contributed by atoms with Gasteiger partial charge in [0.05, 0.1) is 0 Å². The predicted octanol–water partition coefficient (Wildman–Crippen LogP) is 5.05. The van der Waals surface area contributed by atoms with E-state index in [1.165, 1.54) is 31.2 Å². The van der Waals surface area contributed by atoms with E-state index in [-0.39, 0.29) is 6.03 Å². The molecule has 24 heavy (non-hydrogen) atoms. The van der Waals surface area contributed by atoms with Crippen LogP contribution in [0.2, 0.25) is 0 Å². The normalized spacial score (nSPS) is 12.0. The zero-order chi connectivity index (χ0) is 17.8. The number of carbonyl (C=O) groups is 1. The molecule has 4 nitrogen and oxygen atoms in total. The van der Waals surface area contributed by atoms with Crippen molar-refractivity contribution in [3.63, 3.8) is 0 Å². The van der Waals surface area contributed by atoms with Crippen LogP contribution in [0.25, 0.3) is 0 Å². The number of aryl methyl sites for hydroxylation is 2. The zero-order valence-electron chi connectivity index (χ0n) is 15.8. The lowest BCUT2D eigenvalue weighted by Crippen LogP contribution is -2.30. The molecule has 2 amide bonds. The van der Waals surface area contributed by atoms with Gasteiger partial charge in [0.25, 0.3) is 0 Å². The van der Waals surface area contributed by atoms with Gasteiger partial charge < -0.3 is 15.4 Å². The monoisotopic (exact) mass is 334 g/mol. The zero-order valence-corrected chi connectivity index (χ0v) is 15.8. The molecule has 1 atom stereocenters. The standard InChI is InChI=1S/C20H34N2O2/c1-5-7-9-18(6-2)15-24-13-8-12-21-20(23)22-19-11-10-16(3)14-17(19)4/h10-11,14,18H,5-9,12-13,15H2,1-4H3,(H2,21,22,23). The second-order valence-corrected chi connectivity index (χ2v) is 6.54. The molecule has 0 saturated carbocycles. The lowest BCUT2D eigenvalue weighted by molar-refractivity contribution is 0.0925. The summed E-state index contributed by atoms with van der Waals surface area (Å²) in [6.07, 6.45) is 5.79. The summed E-state index contributed by atoms with van der Waals surface area (Å²) >= 11 is 0. The van der Waals surface area contributed by atoms with E-state index in [1.54, 1.807) is 0 Å². The average Bonchev–Trinajstić information content (AvgIpc) is 2.56. The largest absolute Gasteiger partial charge is 0.381 e. The summed E-state index contributed by atoms with van der Waals surface area (Å²) in [4.78, 5) is 11.9. The smallest absolute Gasteiger partial charge is 0.319 e. The Morgan fingerprint density at radius 3 is 2.67 bits per heavy atom. The molecule has 0 fully saturated rings. The number of rotatable bonds is 11. The lowest BCUT2D eigenvalue weighted by Gasteiger charge is -2.15. The molecule has 1 unspecified atom stereocenters. The van der Waals surface area contributed by atoms with Crippen molar-refractivity contribution >= 4 is 11.7 Å². The molecule has 0 saturated heterocycles. The molecule has 136 valence electrons. The molecule has 1 rings (SSSR count). The van der Waals surface area contributed by atoms with E-state index in [0.29, 0.717) is 19.1 Å². The second kappa shape index (κ2) is 11.9. The molecule has 0 aliphatic carbocycles. The van der Waals surface area contributed by atoms with Crippen molar-refractivity contribution < 1.29 is 9.53 Å². The van der Waals surface area contributed by atoms with Gasteiger partial charge in [-0.3, -0.25) is 0 Å². The molecule has 0 aliphatic heterocycles. The van der Waals surface area contributed by atoms with Gasteiger partial charge in [-0.15, -0.1) is 0 Å². The molecular formula is C20H34N2O2.